The van der Waals surface area contributed by atoms with Gasteiger partial charge in [-0.3, -0.25) is 14.6 Å². The minimum Gasteiger partial charge on any atom is -0.355 e. The van der Waals surface area contributed by atoms with Crippen LogP contribution in [0.2, 0.25) is 0 Å². The van der Waals surface area contributed by atoms with Crippen LogP contribution in [0.4, 0.5) is 17.6 Å². The molecule has 2 rings (SSSR count). The molecule has 0 atom stereocenters. The molecule has 0 aliphatic carbocycles. The van der Waals surface area contributed by atoms with Gasteiger partial charge in [0.05, 0.1) is 16.8 Å². The number of carbonyl (C=O) groups excluding carboxylic acids is 2. The molecule has 2 aromatic rings. The molecule has 1 aromatic carbocycles. The molecule has 0 spiro atoms. The molecule has 1 heterocycles. The Bertz CT molecular complexity index is 882. The summed E-state index contributed by atoms with van der Waals surface area (Å²) in [6.07, 6.45) is -2.93. The van der Waals surface area contributed by atoms with Gasteiger partial charge in [0.2, 0.25) is 5.91 Å². The van der Waals surface area contributed by atoms with Crippen molar-refractivity contribution in [3.63, 3.8) is 0 Å². The molecule has 0 radical (unpaired) electrons. The number of hydrogen-bond donors (Lipinski definition) is 2. The van der Waals surface area contributed by atoms with Crippen molar-refractivity contribution in [2.24, 2.45) is 5.92 Å². The third-order valence-corrected chi connectivity index (χ3v) is 4.11. The van der Waals surface area contributed by atoms with Crippen LogP contribution >= 0.6 is 0 Å². The molecular formula is C20H21F4N3O2. The van der Waals surface area contributed by atoms with Gasteiger partial charge in [0.15, 0.2) is 0 Å². The Kier molecular flexibility index (Phi) is 7.30. The average Bonchev–Trinajstić information content (AvgIpc) is 2.65. The number of aromatic nitrogens is 1. The minimum atomic E-state index is -4.78. The van der Waals surface area contributed by atoms with E-state index in [2.05, 4.69) is 15.6 Å². The van der Waals surface area contributed by atoms with Crippen molar-refractivity contribution in [3.05, 3.63) is 64.7 Å². The molecule has 0 unspecified atom stereocenters. The van der Waals surface area contributed by atoms with Crippen LogP contribution in [0.3, 0.4) is 0 Å². The van der Waals surface area contributed by atoms with Crippen LogP contribution in [0.15, 0.2) is 36.5 Å². The summed E-state index contributed by atoms with van der Waals surface area (Å²) in [6, 6.07) is 5.62. The van der Waals surface area contributed by atoms with E-state index in [1.54, 1.807) is 26.0 Å². The molecule has 0 saturated carbocycles. The molecule has 5 nitrogen and oxygen atoms in total. The number of benzene rings is 1. The maximum atomic E-state index is 13.6. The highest BCUT2D eigenvalue weighted by molar-refractivity contribution is 5.95. The van der Waals surface area contributed by atoms with Crippen LogP contribution in [0, 0.1) is 11.7 Å². The Balaban J connectivity index is 2.01. The Hall–Kier alpha value is -2.97. The topological polar surface area (TPSA) is 71.1 Å². The highest BCUT2D eigenvalue weighted by Crippen LogP contribution is 2.31. The highest BCUT2D eigenvalue weighted by atomic mass is 19.4. The predicted molar refractivity (Wildman–Crippen MR) is 98.4 cm³/mol. The fourth-order valence-corrected chi connectivity index (χ4v) is 2.53. The van der Waals surface area contributed by atoms with Crippen LogP contribution < -0.4 is 10.6 Å². The molecule has 9 heteroatoms. The van der Waals surface area contributed by atoms with Crippen LogP contribution in [-0.4, -0.2) is 23.3 Å². The van der Waals surface area contributed by atoms with Gasteiger partial charge in [0.25, 0.3) is 5.91 Å². The lowest BCUT2D eigenvalue weighted by molar-refractivity contribution is -0.140. The highest BCUT2D eigenvalue weighted by Gasteiger charge is 2.33. The van der Waals surface area contributed by atoms with Gasteiger partial charge in [-0.2, -0.15) is 13.2 Å². The van der Waals surface area contributed by atoms with Crippen molar-refractivity contribution in [3.8, 4) is 0 Å². The lowest BCUT2D eigenvalue weighted by Crippen LogP contribution is -2.30. The first kappa shape index (κ1) is 22.3. The second-order valence-corrected chi connectivity index (χ2v) is 6.69. The zero-order valence-corrected chi connectivity index (χ0v) is 15.9. The van der Waals surface area contributed by atoms with Crippen molar-refractivity contribution < 1.29 is 27.2 Å². The monoisotopic (exact) mass is 411 g/mol. The summed E-state index contributed by atoms with van der Waals surface area (Å²) in [7, 11) is 0. The molecule has 0 saturated heterocycles. The lowest BCUT2D eigenvalue weighted by Gasteiger charge is -2.12. The Morgan fingerprint density at radius 1 is 1.14 bits per heavy atom. The number of nitrogens with zero attached hydrogens (tertiary/aromatic N) is 1. The number of rotatable bonds is 7. The summed E-state index contributed by atoms with van der Waals surface area (Å²) in [6.45, 7) is 3.68. The number of hydrogen-bond acceptors (Lipinski definition) is 3. The molecule has 2 amide bonds. The Labute approximate surface area is 165 Å². The van der Waals surface area contributed by atoms with Crippen LogP contribution in [-0.2, 0) is 23.9 Å². The molecule has 0 fully saturated rings. The van der Waals surface area contributed by atoms with Gasteiger partial charge in [-0.05, 0) is 29.8 Å². The van der Waals surface area contributed by atoms with Gasteiger partial charge in [-0.15, -0.1) is 0 Å². The lowest BCUT2D eigenvalue weighted by atomic mass is 10.1. The fourth-order valence-electron chi connectivity index (χ4n) is 2.53. The van der Waals surface area contributed by atoms with E-state index < -0.39 is 23.5 Å². The number of halogens is 4. The standard InChI is InChI=1S/C20H21F4N3O2/c1-12(2)18(28)26-9-7-17-14(4-3-8-25-17)19(29)27-11-13-5-6-15(16(21)10-13)20(22,23)24/h3-6,8,10,12H,7,9,11H2,1-2H3,(H,26,28)(H,27,29). The van der Waals surface area contributed by atoms with E-state index >= 15 is 0 Å². The third-order valence-electron chi connectivity index (χ3n) is 4.11. The van der Waals surface area contributed by atoms with Gasteiger partial charge in [0.1, 0.15) is 5.82 Å². The first-order chi connectivity index (χ1) is 13.6. The molecule has 29 heavy (non-hydrogen) atoms. The number of amides is 2. The molecule has 0 aliphatic rings. The van der Waals surface area contributed by atoms with Crippen molar-refractivity contribution >= 4 is 11.8 Å². The summed E-state index contributed by atoms with van der Waals surface area (Å²) in [5, 5.41) is 5.28. The number of nitrogens with one attached hydrogen (secondary N) is 2. The van der Waals surface area contributed by atoms with E-state index in [0.29, 0.717) is 24.7 Å². The SMILES string of the molecule is CC(C)C(=O)NCCc1ncccc1C(=O)NCc1ccc(C(F)(F)F)c(F)c1. The quantitative estimate of drug-likeness (QED) is 0.686. The van der Waals surface area contributed by atoms with Crippen molar-refractivity contribution in [2.75, 3.05) is 6.54 Å². The molecule has 0 bridgehead atoms. The van der Waals surface area contributed by atoms with Gasteiger partial charge in [-0.25, -0.2) is 4.39 Å². The maximum absolute atomic E-state index is 13.6. The van der Waals surface area contributed by atoms with Crippen LogP contribution in [0.1, 0.15) is 41.0 Å². The van der Waals surface area contributed by atoms with Gasteiger partial charge in [0, 0.05) is 31.6 Å². The molecule has 1 aromatic heterocycles. The van der Waals surface area contributed by atoms with E-state index in [1.165, 1.54) is 6.20 Å². The summed E-state index contributed by atoms with van der Waals surface area (Å²) in [4.78, 5) is 28.2. The molecule has 156 valence electrons. The Morgan fingerprint density at radius 2 is 1.86 bits per heavy atom. The fraction of sp³-hybridized carbons (Fsp3) is 0.350. The Morgan fingerprint density at radius 3 is 2.48 bits per heavy atom. The second kappa shape index (κ2) is 9.49. The number of carbonyl (C=O) groups is 2. The van der Waals surface area contributed by atoms with E-state index in [1.807, 2.05) is 0 Å². The van der Waals surface area contributed by atoms with Gasteiger partial charge >= 0.3 is 6.18 Å². The van der Waals surface area contributed by atoms with Gasteiger partial charge in [-0.1, -0.05) is 19.9 Å². The van der Waals surface area contributed by atoms with E-state index in [0.717, 1.165) is 12.1 Å². The van der Waals surface area contributed by atoms with E-state index in [4.69, 9.17) is 0 Å². The smallest absolute Gasteiger partial charge is 0.355 e. The predicted octanol–water partition coefficient (Wildman–Crippen LogP) is 3.48. The number of alkyl halides is 3. The summed E-state index contributed by atoms with van der Waals surface area (Å²) in [5.74, 6) is -2.17. The van der Waals surface area contributed by atoms with Gasteiger partial charge < -0.3 is 10.6 Å². The van der Waals surface area contributed by atoms with E-state index in [9.17, 15) is 27.2 Å². The normalized spacial score (nSPS) is 11.4. The van der Waals surface area contributed by atoms with Crippen LogP contribution in [0.5, 0.6) is 0 Å². The second-order valence-electron chi connectivity index (χ2n) is 6.69. The first-order valence-electron chi connectivity index (χ1n) is 8.95. The summed E-state index contributed by atoms with van der Waals surface area (Å²) in [5.41, 5.74) is -0.421. The minimum absolute atomic E-state index is 0.115. The van der Waals surface area contributed by atoms with Crippen molar-refractivity contribution in [1.29, 1.82) is 0 Å². The zero-order valence-electron chi connectivity index (χ0n) is 15.9. The average molecular weight is 411 g/mol. The molecule has 2 N–H and O–H groups in total. The zero-order chi connectivity index (χ0) is 21.6. The molecule has 0 aliphatic heterocycles. The maximum Gasteiger partial charge on any atom is 0.419 e. The van der Waals surface area contributed by atoms with E-state index in [-0.39, 0.29) is 29.5 Å². The van der Waals surface area contributed by atoms with Crippen LogP contribution in [0.25, 0.3) is 0 Å². The van der Waals surface area contributed by atoms with Crippen molar-refractivity contribution in [1.82, 2.24) is 15.6 Å². The number of pyridine rings is 1. The third kappa shape index (κ3) is 6.27. The molecular weight excluding hydrogens is 390 g/mol. The van der Waals surface area contributed by atoms with Crippen molar-refractivity contribution in [2.45, 2.75) is 33.0 Å². The largest absolute Gasteiger partial charge is 0.419 e. The summed E-state index contributed by atoms with van der Waals surface area (Å²) < 4.78 is 51.5. The first-order valence-corrected chi connectivity index (χ1v) is 8.95. The summed E-state index contributed by atoms with van der Waals surface area (Å²) >= 11 is 0.